The van der Waals surface area contributed by atoms with E-state index < -0.39 is 11.9 Å². The number of hydrogen-bond donors (Lipinski definition) is 2. The van der Waals surface area contributed by atoms with Crippen molar-refractivity contribution in [2.24, 2.45) is 5.10 Å². The van der Waals surface area contributed by atoms with Gasteiger partial charge < -0.3 is 33.7 Å². The number of amides is 2. The van der Waals surface area contributed by atoms with Crippen LogP contribution in [-0.4, -0.2) is 59.0 Å². The molecule has 0 aromatic heterocycles. The highest BCUT2D eigenvalue weighted by Gasteiger charge is 2.20. The highest BCUT2D eigenvalue weighted by molar-refractivity contribution is 6.05. The SMILES string of the molecule is CCOc1cc(C=NNC(=O)c2cccc(NC(=O)c3ccc(OC)cc3)c2)ccc1OC(=O)c1cc(OC)c(OC)c(OC)c1. The van der Waals surface area contributed by atoms with Gasteiger partial charge in [-0.05, 0) is 85.3 Å². The van der Waals surface area contributed by atoms with E-state index in [1.54, 1.807) is 74.7 Å². The van der Waals surface area contributed by atoms with Crippen molar-refractivity contribution in [1.29, 1.82) is 0 Å². The summed E-state index contributed by atoms with van der Waals surface area (Å²) in [5.74, 6) is 0.562. The molecule has 0 unspecified atom stereocenters. The first-order chi connectivity index (χ1) is 22.3. The minimum atomic E-state index is -0.670. The Morgan fingerprint density at radius 3 is 2.04 bits per heavy atom. The fourth-order valence-corrected chi connectivity index (χ4v) is 4.23. The maximum atomic E-state index is 13.0. The molecule has 0 fully saturated rings. The van der Waals surface area contributed by atoms with Crippen LogP contribution in [0.2, 0.25) is 0 Å². The first-order valence-corrected chi connectivity index (χ1v) is 14.0. The van der Waals surface area contributed by atoms with Gasteiger partial charge in [0.25, 0.3) is 11.8 Å². The summed E-state index contributed by atoms with van der Waals surface area (Å²) in [6.45, 7) is 2.09. The van der Waals surface area contributed by atoms with E-state index in [4.69, 9.17) is 28.4 Å². The Hall–Kier alpha value is -6.04. The number of benzene rings is 4. The predicted molar refractivity (Wildman–Crippen MR) is 171 cm³/mol. The average Bonchev–Trinajstić information content (AvgIpc) is 3.08. The Morgan fingerprint density at radius 2 is 1.41 bits per heavy atom. The van der Waals surface area contributed by atoms with Gasteiger partial charge in [-0.3, -0.25) is 9.59 Å². The molecule has 4 aromatic carbocycles. The van der Waals surface area contributed by atoms with Crippen molar-refractivity contribution in [1.82, 2.24) is 5.43 Å². The molecule has 4 aromatic rings. The third-order valence-corrected chi connectivity index (χ3v) is 6.49. The molecule has 0 bridgehead atoms. The molecule has 0 saturated heterocycles. The molecule has 0 saturated carbocycles. The van der Waals surface area contributed by atoms with Crippen LogP contribution in [0.1, 0.15) is 43.6 Å². The van der Waals surface area contributed by atoms with Gasteiger partial charge in [-0.25, -0.2) is 10.2 Å². The molecule has 0 aliphatic rings. The molecule has 46 heavy (non-hydrogen) atoms. The summed E-state index contributed by atoms with van der Waals surface area (Å²) >= 11 is 0. The summed E-state index contributed by atoms with van der Waals surface area (Å²) in [6.07, 6.45) is 1.42. The van der Waals surface area contributed by atoms with Crippen molar-refractivity contribution in [2.45, 2.75) is 6.92 Å². The van der Waals surface area contributed by atoms with Crippen LogP contribution in [0.25, 0.3) is 0 Å². The molecule has 2 N–H and O–H groups in total. The summed E-state index contributed by atoms with van der Waals surface area (Å²) < 4.78 is 32.4. The Bertz CT molecular complexity index is 1710. The van der Waals surface area contributed by atoms with Crippen LogP contribution in [0, 0.1) is 0 Å². The number of carbonyl (C=O) groups is 3. The van der Waals surface area contributed by atoms with Crippen molar-refractivity contribution in [3.63, 3.8) is 0 Å². The van der Waals surface area contributed by atoms with E-state index in [0.717, 1.165) is 0 Å². The minimum absolute atomic E-state index is 0.176. The van der Waals surface area contributed by atoms with Gasteiger partial charge in [-0.2, -0.15) is 5.10 Å². The Labute approximate surface area is 265 Å². The van der Waals surface area contributed by atoms with Gasteiger partial charge in [0.2, 0.25) is 5.75 Å². The zero-order valence-corrected chi connectivity index (χ0v) is 25.9. The van der Waals surface area contributed by atoms with Crippen LogP contribution in [-0.2, 0) is 0 Å². The predicted octanol–water partition coefficient (Wildman–Crippen LogP) is 5.36. The molecule has 0 aliphatic carbocycles. The molecule has 12 nitrogen and oxygen atoms in total. The molecular formula is C34H33N3O9. The number of rotatable bonds is 13. The normalized spacial score (nSPS) is 10.5. The number of nitrogens with zero attached hydrogens (tertiary/aromatic N) is 1. The van der Waals surface area contributed by atoms with Crippen LogP contribution in [0.3, 0.4) is 0 Å². The molecular weight excluding hydrogens is 594 g/mol. The van der Waals surface area contributed by atoms with Crippen LogP contribution in [0.15, 0.2) is 84.0 Å². The van der Waals surface area contributed by atoms with Gasteiger partial charge in [0.1, 0.15) is 5.75 Å². The molecule has 0 aliphatic heterocycles. The van der Waals surface area contributed by atoms with Gasteiger partial charge in [0.05, 0.1) is 46.8 Å². The van der Waals surface area contributed by atoms with Crippen molar-refractivity contribution < 1.29 is 42.8 Å². The first kappa shape index (κ1) is 32.9. The Morgan fingerprint density at radius 1 is 0.696 bits per heavy atom. The van der Waals surface area contributed by atoms with Crippen LogP contribution in [0.5, 0.6) is 34.5 Å². The molecule has 0 atom stereocenters. The monoisotopic (exact) mass is 627 g/mol. The maximum absolute atomic E-state index is 13.0. The van der Waals surface area contributed by atoms with Gasteiger partial charge in [-0.1, -0.05) is 6.07 Å². The van der Waals surface area contributed by atoms with E-state index in [0.29, 0.717) is 52.2 Å². The van der Waals surface area contributed by atoms with Crippen LogP contribution in [0.4, 0.5) is 5.69 Å². The van der Waals surface area contributed by atoms with E-state index in [9.17, 15) is 14.4 Å². The fourth-order valence-electron chi connectivity index (χ4n) is 4.23. The molecule has 0 spiro atoms. The summed E-state index contributed by atoms with van der Waals surface area (Å²) in [5.41, 5.74) is 4.37. The number of esters is 1. The average molecular weight is 628 g/mol. The van der Waals surface area contributed by atoms with Crippen molar-refractivity contribution >= 4 is 29.7 Å². The summed E-state index contributed by atoms with van der Waals surface area (Å²) in [7, 11) is 5.91. The fraction of sp³-hybridized carbons (Fsp3) is 0.176. The number of hydrazone groups is 1. The third-order valence-electron chi connectivity index (χ3n) is 6.49. The lowest BCUT2D eigenvalue weighted by Crippen LogP contribution is -2.18. The molecule has 0 radical (unpaired) electrons. The van der Waals surface area contributed by atoms with Gasteiger partial charge >= 0.3 is 5.97 Å². The van der Waals surface area contributed by atoms with Crippen LogP contribution < -0.4 is 39.2 Å². The van der Waals surface area contributed by atoms with E-state index in [1.165, 1.54) is 45.7 Å². The van der Waals surface area contributed by atoms with Gasteiger partial charge in [0, 0.05) is 16.8 Å². The quantitative estimate of drug-likeness (QED) is 0.0867. The van der Waals surface area contributed by atoms with Crippen molar-refractivity contribution in [2.75, 3.05) is 40.4 Å². The Kier molecular flexibility index (Phi) is 11.2. The Balaban J connectivity index is 1.42. The number of hydrogen-bond acceptors (Lipinski definition) is 10. The number of carbonyl (C=O) groups excluding carboxylic acids is 3. The zero-order valence-electron chi connectivity index (χ0n) is 25.9. The lowest BCUT2D eigenvalue weighted by Gasteiger charge is -2.15. The molecule has 4 rings (SSSR count). The maximum Gasteiger partial charge on any atom is 0.343 e. The third kappa shape index (κ3) is 8.11. The van der Waals surface area contributed by atoms with E-state index in [2.05, 4.69) is 15.8 Å². The van der Waals surface area contributed by atoms with Crippen LogP contribution >= 0.6 is 0 Å². The smallest absolute Gasteiger partial charge is 0.343 e. The van der Waals surface area contributed by atoms with Gasteiger partial charge in [0.15, 0.2) is 23.0 Å². The standard InChI is InChI=1S/C34H33N3O9/c1-6-45-28-16-21(10-15-27(28)46-34(40)24-18-29(42-3)31(44-5)30(19-24)43-4)20-35-37-33(39)23-8-7-9-25(17-23)36-32(38)22-11-13-26(41-2)14-12-22/h7-20H,6H2,1-5H3,(H,36,38)(H,37,39). The van der Waals surface area contributed by atoms with Crippen molar-refractivity contribution in [3.8, 4) is 34.5 Å². The number of ether oxygens (including phenoxy) is 6. The minimum Gasteiger partial charge on any atom is -0.497 e. The summed E-state index contributed by atoms with van der Waals surface area (Å²) in [4.78, 5) is 38.4. The van der Waals surface area contributed by atoms with Gasteiger partial charge in [-0.15, -0.1) is 0 Å². The van der Waals surface area contributed by atoms with E-state index in [-0.39, 0.29) is 22.8 Å². The first-order valence-electron chi connectivity index (χ1n) is 14.0. The molecule has 2 amide bonds. The topological polar surface area (TPSA) is 143 Å². The molecule has 0 heterocycles. The highest BCUT2D eigenvalue weighted by Crippen LogP contribution is 2.39. The molecule has 238 valence electrons. The second kappa shape index (κ2) is 15.6. The lowest BCUT2D eigenvalue weighted by molar-refractivity contribution is 0.0727. The number of nitrogens with one attached hydrogen (secondary N) is 2. The number of anilines is 1. The zero-order chi connectivity index (χ0) is 33.1. The van der Waals surface area contributed by atoms with E-state index >= 15 is 0 Å². The highest BCUT2D eigenvalue weighted by atomic mass is 16.6. The van der Waals surface area contributed by atoms with E-state index in [1.807, 2.05) is 0 Å². The summed E-state index contributed by atoms with van der Waals surface area (Å²) in [5, 5.41) is 6.81. The number of methoxy groups -OCH3 is 4. The lowest BCUT2D eigenvalue weighted by atomic mass is 10.1. The second-order valence-corrected chi connectivity index (χ2v) is 9.41. The second-order valence-electron chi connectivity index (χ2n) is 9.41. The molecule has 12 heteroatoms. The van der Waals surface area contributed by atoms with Crippen molar-refractivity contribution in [3.05, 3.63) is 101 Å². The summed E-state index contributed by atoms with van der Waals surface area (Å²) in [6, 6.07) is 20.9. The largest absolute Gasteiger partial charge is 0.497 e.